The Kier molecular flexibility index (Phi) is 20.1. The summed E-state index contributed by atoms with van der Waals surface area (Å²) in [6.07, 6.45) is 30.2. The molecule has 2 amide bonds. The minimum absolute atomic E-state index is 0.0270. The van der Waals surface area contributed by atoms with Gasteiger partial charge in [0.05, 0.1) is 39.8 Å². The first-order chi connectivity index (χ1) is 25.3. The highest BCUT2D eigenvalue weighted by molar-refractivity contribution is 9.11. The Morgan fingerprint density at radius 2 is 0.769 bits per heavy atom. The van der Waals surface area contributed by atoms with Gasteiger partial charge in [-0.3, -0.25) is 9.59 Å². The monoisotopic (exact) mass is 878 g/mol. The van der Waals surface area contributed by atoms with Gasteiger partial charge in [0.2, 0.25) is 0 Å². The van der Waals surface area contributed by atoms with Crippen molar-refractivity contribution >= 4 is 88.9 Å². The van der Waals surface area contributed by atoms with Gasteiger partial charge in [0, 0.05) is 13.1 Å². The minimum atomic E-state index is 0.0270. The zero-order valence-electron chi connectivity index (χ0n) is 33.0. The average molecular weight is 881 g/mol. The number of amides is 2. The van der Waals surface area contributed by atoms with Gasteiger partial charge in [-0.05, 0) is 81.5 Å². The molecule has 292 valence electrons. The van der Waals surface area contributed by atoms with Crippen molar-refractivity contribution in [3.63, 3.8) is 0 Å². The fourth-order valence-electron chi connectivity index (χ4n) is 8.27. The van der Waals surface area contributed by atoms with Crippen LogP contribution in [0.5, 0.6) is 0 Å². The van der Waals surface area contributed by atoms with Gasteiger partial charge in [-0.1, -0.05) is 156 Å². The molecule has 4 nitrogen and oxygen atoms in total. The molecule has 4 rings (SSSR count). The highest BCUT2D eigenvalue weighted by Gasteiger charge is 2.45. The molecular formula is C44H68Br2N2O2S2. The fraction of sp³-hybridized carbons (Fsp3) is 0.727. The topological polar surface area (TPSA) is 40.6 Å². The van der Waals surface area contributed by atoms with Crippen molar-refractivity contribution in [2.75, 3.05) is 22.9 Å². The van der Waals surface area contributed by atoms with E-state index in [-0.39, 0.29) is 11.8 Å². The molecule has 2 unspecified atom stereocenters. The van der Waals surface area contributed by atoms with Crippen LogP contribution in [-0.2, 0) is 9.59 Å². The van der Waals surface area contributed by atoms with E-state index in [4.69, 9.17) is 0 Å². The van der Waals surface area contributed by atoms with E-state index in [1.54, 1.807) is 22.7 Å². The molecule has 0 saturated heterocycles. The third-order valence-electron chi connectivity index (χ3n) is 11.3. The Balaban J connectivity index is 1.57. The predicted octanol–water partition coefficient (Wildman–Crippen LogP) is 15.6. The Labute approximate surface area is 342 Å². The standard InChI is InChI=1S/C44H68Br2N2O2S2/c1-5-9-13-17-19-23-27-33(25-21-15-11-7-3)31-47-35-29-37(45)51-41(35)39(43(47)49)40-42-36(30-38(46)52-42)48(44(40)50)32-34(26-22-16-12-8-4)28-24-20-18-14-10-6-2/h29-30,33-34H,5-28,31-32H2,1-4H3/b40-39+. The lowest BCUT2D eigenvalue weighted by Gasteiger charge is -2.25. The smallest absolute Gasteiger partial charge is 0.260 e. The summed E-state index contributed by atoms with van der Waals surface area (Å²) in [7, 11) is 0. The molecular weight excluding hydrogens is 812 g/mol. The van der Waals surface area contributed by atoms with Crippen LogP contribution in [0.2, 0.25) is 0 Å². The van der Waals surface area contributed by atoms with Crippen molar-refractivity contribution in [2.45, 2.75) is 182 Å². The molecule has 52 heavy (non-hydrogen) atoms. The first kappa shape index (κ1) is 43.8. The number of hydrogen-bond donors (Lipinski definition) is 0. The Hall–Kier alpha value is -0.960. The fourth-order valence-corrected chi connectivity index (χ4v) is 11.5. The maximum absolute atomic E-state index is 14.7. The van der Waals surface area contributed by atoms with Crippen LogP contribution in [0.25, 0.3) is 11.1 Å². The highest BCUT2D eigenvalue weighted by Crippen LogP contribution is 2.53. The normalized spacial score (nSPS) is 16.7. The van der Waals surface area contributed by atoms with Gasteiger partial charge in [0.25, 0.3) is 11.8 Å². The first-order valence-electron chi connectivity index (χ1n) is 21.3. The van der Waals surface area contributed by atoms with E-state index < -0.39 is 0 Å². The van der Waals surface area contributed by atoms with Crippen molar-refractivity contribution in [3.8, 4) is 0 Å². The van der Waals surface area contributed by atoms with Crippen molar-refractivity contribution in [1.82, 2.24) is 0 Å². The summed E-state index contributed by atoms with van der Waals surface area (Å²) in [6.45, 7) is 10.6. The second-order valence-corrected chi connectivity index (χ2v) is 20.5. The number of rotatable bonds is 28. The van der Waals surface area contributed by atoms with Crippen LogP contribution >= 0.6 is 54.5 Å². The maximum Gasteiger partial charge on any atom is 0.260 e. The van der Waals surface area contributed by atoms with Crippen molar-refractivity contribution in [3.05, 3.63) is 29.5 Å². The zero-order chi connectivity index (χ0) is 37.3. The summed E-state index contributed by atoms with van der Waals surface area (Å²) in [5.74, 6) is 0.999. The number of fused-ring (bicyclic) bond motifs is 2. The number of carbonyl (C=O) groups is 2. The number of hydrogen-bond acceptors (Lipinski definition) is 4. The van der Waals surface area contributed by atoms with E-state index in [0.717, 1.165) is 54.6 Å². The van der Waals surface area contributed by atoms with Crippen LogP contribution in [0.4, 0.5) is 11.4 Å². The van der Waals surface area contributed by atoms with Crippen LogP contribution in [-0.4, -0.2) is 24.9 Å². The molecule has 0 aromatic carbocycles. The number of carbonyl (C=O) groups excluding carboxylic acids is 2. The van der Waals surface area contributed by atoms with Crippen molar-refractivity contribution in [1.29, 1.82) is 0 Å². The second-order valence-electron chi connectivity index (χ2n) is 15.7. The molecule has 0 bridgehead atoms. The van der Waals surface area contributed by atoms with Gasteiger partial charge >= 0.3 is 0 Å². The first-order valence-corrected chi connectivity index (χ1v) is 24.5. The largest absolute Gasteiger partial charge is 0.306 e. The number of halogens is 2. The van der Waals surface area contributed by atoms with Crippen LogP contribution in [0.1, 0.15) is 192 Å². The van der Waals surface area contributed by atoms with Crippen molar-refractivity contribution < 1.29 is 9.59 Å². The summed E-state index contributed by atoms with van der Waals surface area (Å²) in [5, 5.41) is 0. The molecule has 8 heteroatoms. The third kappa shape index (κ3) is 12.5. The highest BCUT2D eigenvalue weighted by atomic mass is 79.9. The minimum Gasteiger partial charge on any atom is -0.306 e. The number of nitrogens with zero attached hydrogens (tertiary/aromatic N) is 2. The van der Waals surface area contributed by atoms with Crippen LogP contribution in [0, 0.1) is 11.8 Å². The molecule has 0 N–H and O–H groups in total. The summed E-state index contributed by atoms with van der Waals surface area (Å²) >= 11 is 10.8. The Bertz CT molecular complexity index is 1310. The van der Waals surface area contributed by atoms with Gasteiger partial charge in [-0.2, -0.15) is 0 Å². The molecule has 0 fully saturated rings. The van der Waals surface area contributed by atoms with Gasteiger partial charge in [-0.25, -0.2) is 0 Å². The number of anilines is 2. The van der Waals surface area contributed by atoms with E-state index in [1.807, 2.05) is 9.80 Å². The molecule has 2 aromatic rings. The summed E-state index contributed by atoms with van der Waals surface area (Å²) in [4.78, 5) is 35.4. The SMILES string of the molecule is CCCCCCCCC(CCCCCC)CN1C(=O)/C(=C2/C(=O)N(CC(CCCCCC)CCCCCCCC)c3cc(Br)sc32)c2sc(Br)cc21. The lowest BCUT2D eigenvalue weighted by atomic mass is 9.93. The molecule has 0 saturated carbocycles. The molecule has 2 atom stereocenters. The van der Waals surface area contributed by atoms with Crippen molar-refractivity contribution in [2.24, 2.45) is 11.8 Å². The molecule has 2 aliphatic heterocycles. The van der Waals surface area contributed by atoms with E-state index in [2.05, 4.69) is 71.7 Å². The summed E-state index contributed by atoms with van der Waals surface area (Å²) in [6, 6.07) is 4.25. The van der Waals surface area contributed by atoms with Crippen LogP contribution < -0.4 is 9.80 Å². The van der Waals surface area contributed by atoms with E-state index in [0.29, 0.717) is 23.0 Å². The lowest BCUT2D eigenvalue weighted by molar-refractivity contribution is -0.114. The van der Waals surface area contributed by atoms with Crippen LogP contribution in [0.15, 0.2) is 19.7 Å². The quantitative estimate of drug-likeness (QED) is 0.0631. The molecule has 2 aliphatic rings. The van der Waals surface area contributed by atoms with Gasteiger partial charge in [0.15, 0.2) is 0 Å². The van der Waals surface area contributed by atoms with Gasteiger partial charge in [0.1, 0.15) is 0 Å². The third-order valence-corrected chi connectivity index (χ3v) is 14.6. The molecule has 0 spiro atoms. The van der Waals surface area contributed by atoms with Gasteiger partial charge < -0.3 is 9.80 Å². The molecule has 0 aliphatic carbocycles. The lowest BCUT2D eigenvalue weighted by Crippen LogP contribution is -2.34. The van der Waals surface area contributed by atoms with E-state index >= 15 is 0 Å². The van der Waals surface area contributed by atoms with Crippen LogP contribution in [0.3, 0.4) is 0 Å². The zero-order valence-corrected chi connectivity index (χ0v) is 37.8. The number of thiophene rings is 2. The Morgan fingerprint density at radius 1 is 0.481 bits per heavy atom. The summed E-state index contributed by atoms with van der Waals surface area (Å²) in [5.41, 5.74) is 3.25. The van der Waals surface area contributed by atoms with Gasteiger partial charge in [-0.15, -0.1) is 22.7 Å². The molecule has 0 radical (unpaired) electrons. The average Bonchev–Trinajstić information content (AvgIpc) is 3.82. The second kappa shape index (κ2) is 23.8. The Morgan fingerprint density at radius 3 is 1.10 bits per heavy atom. The molecule has 2 aromatic heterocycles. The molecule has 4 heterocycles. The number of unbranched alkanes of at least 4 members (excludes halogenated alkanes) is 16. The maximum atomic E-state index is 14.7. The predicted molar refractivity (Wildman–Crippen MR) is 236 cm³/mol. The van der Waals surface area contributed by atoms with E-state index in [1.165, 1.54) is 141 Å². The van der Waals surface area contributed by atoms with E-state index in [9.17, 15) is 9.59 Å². The summed E-state index contributed by atoms with van der Waals surface area (Å²) < 4.78 is 2.04.